The van der Waals surface area contributed by atoms with Gasteiger partial charge in [-0.3, -0.25) is 19.0 Å². The first kappa shape index (κ1) is 21.2. The molecule has 2 aromatic heterocycles. The Hall–Kier alpha value is -2.49. The molecule has 1 aliphatic heterocycles. The molecular formula is C19H28N6O3S. The second-order valence-electron chi connectivity index (χ2n) is 7.38. The van der Waals surface area contributed by atoms with Crippen molar-refractivity contribution in [3.05, 3.63) is 16.7 Å². The molecule has 29 heavy (non-hydrogen) atoms. The summed E-state index contributed by atoms with van der Waals surface area (Å²) in [5, 5.41) is 6.43. The third-order valence-corrected chi connectivity index (χ3v) is 6.21. The van der Waals surface area contributed by atoms with E-state index in [2.05, 4.69) is 25.5 Å². The second-order valence-corrected chi connectivity index (χ2v) is 8.36. The molecule has 2 atom stereocenters. The molecule has 0 saturated carbocycles. The van der Waals surface area contributed by atoms with E-state index in [4.69, 9.17) is 0 Å². The molecule has 1 aliphatic rings. The SMILES string of the molecule is CCNC(=O)C1CCCN(c2nc3ncn(CC(=O)NC(C)CC)c(=O)c3s2)C1. The highest BCUT2D eigenvalue weighted by molar-refractivity contribution is 7.22. The van der Waals surface area contributed by atoms with Crippen molar-refractivity contribution in [2.24, 2.45) is 5.92 Å². The van der Waals surface area contributed by atoms with Gasteiger partial charge in [0.05, 0.1) is 5.92 Å². The zero-order valence-corrected chi connectivity index (χ0v) is 17.9. The highest BCUT2D eigenvalue weighted by Gasteiger charge is 2.27. The van der Waals surface area contributed by atoms with Crippen molar-refractivity contribution in [2.75, 3.05) is 24.5 Å². The number of piperidine rings is 1. The molecule has 9 nitrogen and oxygen atoms in total. The van der Waals surface area contributed by atoms with E-state index in [0.29, 0.717) is 28.6 Å². The average molecular weight is 421 g/mol. The smallest absolute Gasteiger partial charge is 0.273 e. The minimum atomic E-state index is -0.268. The van der Waals surface area contributed by atoms with Gasteiger partial charge in [0, 0.05) is 25.7 Å². The van der Waals surface area contributed by atoms with Gasteiger partial charge in [0.15, 0.2) is 10.8 Å². The van der Waals surface area contributed by atoms with Gasteiger partial charge < -0.3 is 15.5 Å². The number of carbonyl (C=O) groups excluding carboxylic acids is 2. The maximum atomic E-state index is 12.8. The van der Waals surface area contributed by atoms with Gasteiger partial charge in [-0.1, -0.05) is 18.3 Å². The lowest BCUT2D eigenvalue weighted by Crippen LogP contribution is -2.43. The molecule has 0 bridgehead atoms. The van der Waals surface area contributed by atoms with Crippen LogP contribution in [-0.2, 0) is 16.1 Å². The van der Waals surface area contributed by atoms with Crippen LogP contribution in [0.3, 0.4) is 0 Å². The predicted octanol–water partition coefficient (Wildman–Crippen LogP) is 1.12. The molecule has 1 saturated heterocycles. The summed E-state index contributed by atoms with van der Waals surface area (Å²) < 4.78 is 1.74. The fraction of sp³-hybridized carbons (Fsp3) is 0.632. The minimum absolute atomic E-state index is 0.0573. The van der Waals surface area contributed by atoms with Crippen LogP contribution >= 0.6 is 11.3 Å². The number of hydrogen-bond acceptors (Lipinski definition) is 7. The summed E-state index contributed by atoms with van der Waals surface area (Å²) in [5.41, 5.74) is 0.115. The summed E-state index contributed by atoms with van der Waals surface area (Å²) in [5.74, 6) is -0.233. The van der Waals surface area contributed by atoms with Gasteiger partial charge in [-0.2, -0.15) is 4.98 Å². The lowest BCUT2D eigenvalue weighted by Gasteiger charge is -2.31. The highest BCUT2D eigenvalue weighted by atomic mass is 32.1. The molecule has 2 amide bonds. The van der Waals surface area contributed by atoms with Crippen LogP contribution in [0.15, 0.2) is 11.1 Å². The van der Waals surface area contributed by atoms with Gasteiger partial charge in [-0.25, -0.2) is 4.98 Å². The molecule has 0 aliphatic carbocycles. The fourth-order valence-corrected chi connectivity index (χ4v) is 4.35. The van der Waals surface area contributed by atoms with E-state index in [-0.39, 0.29) is 35.9 Å². The van der Waals surface area contributed by atoms with Crippen LogP contribution in [0.2, 0.25) is 0 Å². The lowest BCUT2D eigenvalue weighted by atomic mass is 9.97. The maximum Gasteiger partial charge on any atom is 0.273 e. The number of thiazole rings is 1. The lowest BCUT2D eigenvalue weighted by molar-refractivity contribution is -0.125. The number of amides is 2. The van der Waals surface area contributed by atoms with Crippen molar-refractivity contribution in [2.45, 2.75) is 52.6 Å². The van der Waals surface area contributed by atoms with E-state index in [1.165, 1.54) is 22.2 Å². The van der Waals surface area contributed by atoms with Crippen molar-refractivity contribution in [1.82, 2.24) is 25.2 Å². The normalized spacial score (nSPS) is 17.9. The Morgan fingerprint density at radius 1 is 1.38 bits per heavy atom. The summed E-state index contributed by atoms with van der Waals surface area (Å²) in [6.07, 6.45) is 3.94. The topological polar surface area (TPSA) is 109 Å². The Labute approximate surface area is 173 Å². The maximum absolute atomic E-state index is 12.8. The highest BCUT2D eigenvalue weighted by Crippen LogP contribution is 2.29. The summed E-state index contributed by atoms with van der Waals surface area (Å²) in [4.78, 5) is 47.9. The van der Waals surface area contributed by atoms with Crippen molar-refractivity contribution >= 4 is 38.6 Å². The van der Waals surface area contributed by atoms with Crippen LogP contribution in [0.4, 0.5) is 5.13 Å². The molecule has 2 N–H and O–H groups in total. The molecule has 3 heterocycles. The number of rotatable bonds is 7. The molecule has 3 rings (SSSR count). The Bertz CT molecular complexity index is 940. The first-order chi connectivity index (χ1) is 13.9. The summed E-state index contributed by atoms with van der Waals surface area (Å²) in [6, 6.07) is 0.0573. The Kier molecular flexibility index (Phi) is 6.83. The van der Waals surface area contributed by atoms with E-state index in [1.807, 2.05) is 20.8 Å². The molecular weight excluding hydrogens is 392 g/mol. The Balaban J connectivity index is 1.78. The van der Waals surface area contributed by atoms with Gasteiger partial charge in [0.25, 0.3) is 5.56 Å². The largest absolute Gasteiger partial charge is 0.356 e. The third-order valence-electron chi connectivity index (χ3n) is 5.12. The third kappa shape index (κ3) is 4.92. The number of hydrogen-bond donors (Lipinski definition) is 2. The zero-order valence-electron chi connectivity index (χ0n) is 17.1. The summed E-state index contributed by atoms with van der Waals surface area (Å²) >= 11 is 1.27. The average Bonchev–Trinajstić information content (AvgIpc) is 3.15. The fourth-order valence-electron chi connectivity index (χ4n) is 3.34. The first-order valence-electron chi connectivity index (χ1n) is 10.1. The monoisotopic (exact) mass is 420 g/mol. The number of nitrogens with one attached hydrogen (secondary N) is 2. The molecule has 2 unspecified atom stereocenters. The standard InChI is InChI=1S/C19H28N6O3S/c1-4-12(3)22-14(26)10-25-11-21-16-15(18(25)28)29-19(23-16)24-8-6-7-13(9-24)17(27)20-5-2/h11-13H,4-10H2,1-3H3,(H,20,27)(H,22,26). The Morgan fingerprint density at radius 2 is 2.17 bits per heavy atom. The Morgan fingerprint density at radius 3 is 2.90 bits per heavy atom. The number of anilines is 1. The van der Waals surface area contributed by atoms with E-state index < -0.39 is 0 Å². The van der Waals surface area contributed by atoms with Gasteiger partial charge in [-0.15, -0.1) is 0 Å². The van der Waals surface area contributed by atoms with E-state index in [9.17, 15) is 14.4 Å². The van der Waals surface area contributed by atoms with E-state index in [1.54, 1.807) is 0 Å². The van der Waals surface area contributed by atoms with Gasteiger partial charge >= 0.3 is 0 Å². The number of fused-ring (bicyclic) bond motifs is 1. The van der Waals surface area contributed by atoms with E-state index in [0.717, 1.165) is 25.8 Å². The number of aromatic nitrogens is 3. The second kappa shape index (κ2) is 9.34. The molecule has 10 heteroatoms. The molecule has 1 fully saturated rings. The minimum Gasteiger partial charge on any atom is -0.356 e. The van der Waals surface area contributed by atoms with Gasteiger partial charge in [0.2, 0.25) is 11.8 Å². The summed E-state index contributed by atoms with van der Waals surface area (Å²) in [6.45, 7) is 7.74. The first-order valence-corrected chi connectivity index (χ1v) is 10.9. The van der Waals surface area contributed by atoms with Gasteiger partial charge in [0.1, 0.15) is 17.6 Å². The molecule has 0 radical (unpaired) electrons. The predicted molar refractivity (Wildman–Crippen MR) is 113 cm³/mol. The molecule has 0 spiro atoms. The molecule has 158 valence electrons. The summed E-state index contributed by atoms with van der Waals surface area (Å²) in [7, 11) is 0. The van der Waals surface area contributed by atoms with Crippen LogP contribution in [0.1, 0.15) is 40.0 Å². The van der Waals surface area contributed by atoms with Crippen molar-refractivity contribution < 1.29 is 9.59 Å². The van der Waals surface area contributed by atoms with Crippen molar-refractivity contribution in [3.8, 4) is 0 Å². The van der Waals surface area contributed by atoms with Crippen LogP contribution in [0.5, 0.6) is 0 Å². The zero-order chi connectivity index (χ0) is 21.0. The van der Waals surface area contributed by atoms with Crippen LogP contribution in [0.25, 0.3) is 10.3 Å². The van der Waals surface area contributed by atoms with E-state index >= 15 is 0 Å². The van der Waals surface area contributed by atoms with Crippen molar-refractivity contribution in [3.63, 3.8) is 0 Å². The molecule has 0 aromatic carbocycles. The molecule has 2 aromatic rings. The number of carbonyl (C=O) groups is 2. The van der Waals surface area contributed by atoms with Crippen LogP contribution < -0.4 is 21.1 Å². The number of nitrogens with zero attached hydrogens (tertiary/aromatic N) is 4. The van der Waals surface area contributed by atoms with Crippen LogP contribution in [0, 0.1) is 5.92 Å². The quantitative estimate of drug-likeness (QED) is 0.695. The van der Waals surface area contributed by atoms with Crippen LogP contribution in [-0.4, -0.2) is 52.0 Å². The van der Waals surface area contributed by atoms with Crippen molar-refractivity contribution in [1.29, 1.82) is 0 Å². The van der Waals surface area contributed by atoms with Gasteiger partial charge in [-0.05, 0) is 33.1 Å².